The first kappa shape index (κ1) is 13.9. The van der Waals surface area contributed by atoms with Crippen molar-refractivity contribution in [2.24, 2.45) is 5.73 Å². The first-order valence-electron chi connectivity index (χ1n) is 7.32. The number of rotatable bonds is 5. The van der Waals surface area contributed by atoms with Crippen molar-refractivity contribution in [3.8, 4) is 0 Å². The Balaban J connectivity index is 1.69. The maximum Gasteiger partial charge on any atom is 0.237 e. The van der Waals surface area contributed by atoms with Gasteiger partial charge in [-0.3, -0.25) is 9.78 Å². The molecule has 1 heterocycles. The zero-order valence-electron chi connectivity index (χ0n) is 11.5. The number of aromatic nitrogens is 1. The fourth-order valence-electron chi connectivity index (χ4n) is 2.98. The summed E-state index contributed by atoms with van der Waals surface area (Å²) in [5.74, 6) is -0.176. The fourth-order valence-corrected chi connectivity index (χ4v) is 4.29. The number of pyridine rings is 1. The topological polar surface area (TPSA) is 68.0 Å². The lowest BCUT2D eigenvalue weighted by Crippen LogP contribution is -2.59. The van der Waals surface area contributed by atoms with Crippen LogP contribution in [0.3, 0.4) is 0 Å². The fraction of sp³-hybridized carbons (Fsp3) is 0.600. The molecule has 0 bridgehead atoms. The molecule has 2 atom stereocenters. The van der Waals surface area contributed by atoms with Crippen LogP contribution in [0.5, 0.6) is 0 Å². The van der Waals surface area contributed by atoms with E-state index in [1.807, 2.05) is 36.3 Å². The van der Waals surface area contributed by atoms with E-state index >= 15 is 0 Å². The van der Waals surface area contributed by atoms with Gasteiger partial charge in [0.2, 0.25) is 5.91 Å². The molecule has 2 saturated carbocycles. The summed E-state index contributed by atoms with van der Waals surface area (Å²) in [5.41, 5.74) is 5.23. The first-order valence-corrected chi connectivity index (χ1v) is 8.20. The lowest BCUT2D eigenvalue weighted by Gasteiger charge is -2.39. The van der Waals surface area contributed by atoms with Gasteiger partial charge in [-0.25, -0.2) is 0 Å². The number of carbonyl (C=O) groups excluding carboxylic acids is 1. The Bertz CT molecular complexity index is 477. The monoisotopic (exact) mass is 291 g/mol. The zero-order valence-corrected chi connectivity index (χ0v) is 12.4. The lowest BCUT2D eigenvalue weighted by atomic mass is 9.80. The van der Waals surface area contributed by atoms with Crippen molar-refractivity contribution in [2.75, 3.05) is 0 Å². The molecular formula is C15H21N3OS. The molecule has 1 amide bonds. The molecule has 0 radical (unpaired) electrons. The Morgan fingerprint density at radius 2 is 2.10 bits per heavy atom. The molecule has 0 spiro atoms. The van der Waals surface area contributed by atoms with Gasteiger partial charge in [-0.05, 0) is 50.7 Å². The molecule has 0 aromatic carbocycles. The van der Waals surface area contributed by atoms with Crippen LogP contribution in [0.15, 0.2) is 29.4 Å². The number of nitrogens with two attached hydrogens (primary N) is 1. The van der Waals surface area contributed by atoms with E-state index in [1.54, 1.807) is 0 Å². The summed E-state index contributed by atoms with van der Waals surface area (Å²) in [4.78, 5) is 17.2. The molecule has 3 N–H and O–H groups in total. The maximum absolute atomic E-state index is 12.0. The maximum atomic E-state index is 12.0. The van der Waals surface area contributed by atoms with Crippen LogP contribution in [0.2, 0.25) is 0 Å². The zero-order chi connectivity index (χ0) is 14.0. The molecule has 0 saturated heterocycles. The third-order valence-corrected chi connectivity index (χ3v) is 5.47. The van der Waals surface area contributed by atoms with Crippen molar-refractivity contribution < 1.29 is 4.79 Å². The largest absolute Gasteiger partial charge is 0.368 e. The highest BCUT2D eigenvalue weighted by Gasteiger charge is 2.44. The summed E-state index contributed by atoms with van der Waals surface area (Å²) >= 11 is 1.84. The van der Waals surface area contributed by atoms with Gasteiger partial charge in [0.05, 0.1) is 5.54 Å². The molecule has 2 fully saturated rings. The molecule has 1 aromatic heterocycles. The summed E-state index contributed by atoms with van der Waals surface area (Å²) in [6, 6.07) is 4.56. The van der Waals surface area contributed by atoms with Gasteiger partial charge in [0, 0.05) is 28.6 Å². The molecule has 20 heavy (non-hydrogen) atoms. The second-order valence-corrected chi connectivity index (χ2v) is 7.26. The summed E-state index contributed by atoms with van der Waals surface area (Å²) < 4.78 is 0. The van der Waals surface area contributed by atoms with Crippen LogP contribution in [-0.4, -0.2) is 27.7 Å². The van der Waals surface area contributed by atoms with Crippen molar-refractivity contribution in [1.29, 1.82) is 0 Å². The van der Waals surface area contributed by atoms with Crippen molar-refractivity contribution >= 4 is 17.7 Å². The summed E-state index contributed by atoms with van der Waals surface area (Å²) in [7, 11) is 0. The lowest BCUT2D eigenvalue weighted by molar-refractivity contribution is -0.125. The molecule has 4 nitrogen and oxygen atoms in total. The molecule has 108 valence electrons. The molecule has 5 heteroatoms. The third kappa shape index (κ3) is 3.15. The predicted molar refractivity (Wildman–Crippen MR) is 80.4 cm³/mol. The Hall–Kier alpha value is -1.07. The van der Waals surface area contributed by atoms with Crippen LogP contribution in [0, 0.1) is 0 Å². The van der Waals surface area contributed by atoms with E-state index in [0.29, 0.717) is 11.3 Å². The number of nitrogens with zero attached hydrogens (tertiary/aromatic N) is 1. The average Bonchev–Trinajstić information content (AvgIpc) is 3.24. The van der Waals surface area contributed by atoms with Crippen molar-refractivity contribution in [3.63, 3.8) is 0 Å². The highest BCUT2D eigenvalue weighted by molar-refractivity contribution is 8.00. The minimum atomic E-state index is -0.482. The van der Waals surface area contributed by atoms with E-state index in [1.165, 1.54) is 17.7 Å². The van der Waals surface area contributed by atoms with Crippen LogP contribution < -0.4 is 11.1 Å². The molecule has 0 aliphatic heterocycles. The van der Waals surface area contributed by atoms with Crippen LogP contribution in [0.25, 0.3) is 0 Å². The number of carbonyl (C=O) groups is 1. The van der Waals surface area contributed by atoms with Gasteiger partial charge in [-0.2, -0.15) is 0 Å². The van der Waals surface area contributed by atoms with E-state index in [4.69, 9.17) is 5.73 Å². The number of hydrogen-bond acceptors (Lipinski definition) is 4. The second kappa shape index (κ2) is 5.74. The molecule has 1 aromatic rings. The summed E-state index contributed by atoms with van der Waals surface area (Å²) in [6.45, 7) is 0. The Labute approximate surface area is 123 Å². The number of primary amides is 1. The van der Waals surface area contributed by atoms with E-state index in [9.17, 15) is 4.79 Å². The number of hydrogen-bond donors (Lipinski definition) is 2. The predicted octanol–water partition coefficient (Wildman–Crippen LogP) is 2.09. The van der Waals surface area contributed by atoms with Crippen LogP contribution in [0.4, 0.5) is 0 Å². The number of thioether (sulfide) groups is 1. The van der Waals surface area contributed by atoms with Crippen molar-refractivity contribution in [1.82, 2.24) is 10.3 Å². The van der Waals surface area contributed by atoms with Gasteiger partial charge < -0.3 is 11.1 Å². The van der Waals surface area contributed by atoms with Gasteiger partial charge in [0.15, 0.2) is 0 Å². The van der Waals surface area contributed by atoms with Gasteiger partial charge in [0.25, 0.3) is 0 Å². The Kier molecular flexibility index (Phi) is 3.98. The highest BCUT2D eigenvalue weighted by atomic mass is 32.2. The number of nitrogens with one attached hydrogen (secondary N) is 1. The minimum absolute atomic E-state index is 0.176. The SMILES string of the molecule is NC(=O)C1(NC2CC2)CCCC(Sc2ccncc2)C1. The smallest absolute Gasteiger partial charge is 0.237 e. The van der Waals surface area contributed by atoms with Crippen LogP contribution in [-0.2, 0) is 4.79 Å². The average molecular weight is 291 g/mol. The Morgan fingerprint density at radius 1 is 1.35 bits per heavy atom. The van der Waals surface area contributed by atoms with E-state index in [0.717, 1.165) is 25.7 Å². The summed E-state index contributed by atoms with van der Waals surface area (Å²) in [6.07, 6.45) is 9.91. The van der Waals surface area contributed by atoms with E-state index in [2.05, 4.69) is 10.3 Å². The van der Waals surface area contributed by atoms with Crippen LogP contribution in [0.1, 0.15) is 38.5 Å². The minimum Gasteiger partial charge on any atom is -0.368 e. The van der Waals surface area contributed by atoms with Crippen molar-refractivity contribution in [2.45, 2.75) is 60.3 Å². The molecule has 3 rings (SSSR count). The summed E-state index contributed by atoms with van der Waals surface area (Å²) in [5, 5.41) is 3.97. The van der Waals surface area contributed by atoms with Gasteiger partial charge in [-0.1, -0.05) is 0 Å². The second-order valence-electron chi connectivity index (χ2n) is 5.88. The highest BCUT2D eigenvalue weighted by Crippen LogP contribution is 2.39. The molecular weight excluding hydrogens is 270 g/mol. The van der Waals surface area contributed by atoms with Crippen LogP contribution >= 0.6 is 11.8 Å². The van der Waals surface area contributed by atoms with Crippen molar-refractivity contribution in [3.05, 3.63) is 24.5 Å². The molecule has 2 aliphatic rings. The van der Waals surface area contributed by atoms with Gasteiger partial charge in [-0.15, -0.1) is 11.8 Å². The standard InChI is InChI=1S/C15H21N3OS/c16-14(19)15(18-11-3-4-11)7-1-2-13(10-15)20-12-5-8-17-9-6-12/h5-6,8-9,11,13,18H,1-4,7,10H2,(H2,16,19). The normalized spacial score (nSPS) is 30.1. The van der Waals surface area contributed by atoms with Gasteiger partial charge >= 0.3 is 0 Å². The van der Waals surface area contributed by atoms with E-state index in [-0.39, 0.29) is 5.91 Å². The molecule has 2 aliphatic carbocycles. The third-order valence-electron chi connectivity index (χ3n) is 4.19. The van der Waals surface area contributed by atoms with Gasteiger partial charge in [0.1, 0.15) is 0 Å². The Morgan fingerprint density at radius 3 is 2.75 bits per heavy atom. The van der Waals surface area contributed by atoms with E-state index < -0.39 is 5.54 Å². The first-order chi connectivity index (χ1) is 9.68. The quantitative estimate of drug-likeness (QED) is 0.871. The number of amides is 1. The molecule has 2 unspecified atom stereocenters.